The average Bonchev–Trinajstić information content (AvgIpc) is 2.81. The van der Waals surface area contributed by atoms with Crippen LogP contribution in [0.15, 0.2) is 59.8 Å². The molecule has 36 heavy (non-hydrogen) atoms. The molecule has 1 unspecified atom stereocenters. The van der Waals surface area contributed by atoms with Crippen molar-refractivity contribution in [1.29, 1.82) is 0 Å². The second kappa shape index (κ2) is 15.1. The summed E-state index contributed by atoms with van der Waals surface area (Å²) in [7, 11) is 1.50. The Morgan fingerprint density at radius 3 is 2.31 bits per heavy atom. The van der Waals surface area contributed by atoms with E-state index in [1.54, 1.807) is 0 Å². The number of hydrogen-bond acceptors (Lipinski definition) is 5. The van der Waals surface area contributed by atoms with Gasteiger partial charge in [-0.05, 0) is 75.1 Å². The van der Waals surface area contributed by atoms with Gasteiger partial charge in [0, 0.05) is 18.1 Å². The Balaban J connectivity index is 2.09. The standard InChI is InChI=1S/C31H41NO4/c1-24(2)21-26-16-14-25(15-17-26)18-19-29(32-34-6)28(22-30(33)36-31(3,4)5)13-10-20-35-23-27-11-8-7-9-12-27/h7-9,11-12,14-17,24,28H,10,13,20-23H2,1-6H3. The molecule has 0 saturated heterocycles. The smallest absolute Gasteiger partial charge is 0.307 e. The summed E-state index contributed by atoms with van der Waals surface area (Å²) in [6.07, 6.45) is 2.65. The molecule has 2 aromatic carbocycles. The van der Waals surface area contributed by atoms with Gasteiger partial charge >= 0.3 is 5.97 Å². The first kappa shape index (κ1) is 29.1. The van der Waals surface area contributed by atoms with Crippen LogP contribution in [-0.4, -0.2) is 31.0 Å². The summed E-state index contributed by atoms with van der Waals surface area (Å²) < 4.78 is 11.4. The lowest BCUT2D eigenvalue weighted by Crippen LogP contribution is -2.27. The Morgan fingerprint density at radius 1 is 1.00 bits per heavy atom. The summed E-state index contributed by atoms with van der Waals surface area (Å²) in [6, 6.07) is 18.3. The van der Waals surface area contributed by atoms with Gasteiger partial charge in [-0.15, -0.1) is 0 Å². The summed E-state index contributed by atoms with van der Waals surface area (Å²) >= 11 is 0. The zero-order valence-electron chi connectivity index (χ0n) is 22.7. The van der Waals surface area contributed by atoms with E-state index in [2.05, 4.69) is 43.0 Å². The molecule has 0 N–H and O–H groups in total. The molecule has 0 heterocycles. The molecule has 0 saturated carbocycles. The molecule has 1 atom stereocenters. The van der Waals surface area contributed by atoms with Crippen LogP contribution >= 0.6 is 0 Å². The van der Waals surface area contributed by atoms with Crippen molar-refractivity contribution in [2.24, 2.45) is 17.0 Å². The molecule has 0 aliphatic carbocycles. The molecule has 194 valence electrons. The average molecular weight is 492 g/mol. The third-order valence-electron chi connectivity index (χ3n) is 5.30. The Morgan fingerprint density at radius 2 is 1.69 bits per heavy atom. The minimum absolute atomic E-state index is 0.181. The molecular formula is C31H41NO4. The van der Waals surface area contributed by atoms with Gasteiger partial charge in [0.1, 0.15) is 18.4 Å². The van der Waals surface area contributed by atoms with Crippen molar-refractivity contribution in [3.8, 4) is 11.8 Å². The van der Waals surface area contributed by atoms with Gasteiger partial charge in [0.25, 0.3) is 0 Å². The van der Waals surface area contributed by atoms with Gasteiger partial charge < -0.3 is 14.3 Å². The molecule has 5 heteroatoms. The summed E-state index contributed by atoms with van der Waals surface area (Å²) in [5.74, 6) is 6.45. The van der Waals surface area contributed by atoms with Gasteiger partial charge in [0.05, 0.1) is 13.0 Å². The molecule has 0 radical (unpaired) electrons. The zero-order chi connectivity index (χ0) is 26.4. The quantitative estimate of drug-likeness (QED) is 0.111. The van der Waals surface area contributed by atoms with Crippen LogP contribution in [0.3, 0.4) is 0 Å². The maximum Gasteiger partial charge on any atom is 0.307 e. The van der Waals surface area contributed by atoms with E-state index in [9.17, 15) is 4.79 Å². The number of benzene rings is 2. The summed E-state index contributed by atoms with van der Waals surface area (Å²) in [6.45, 7) is 11.1. The predicted octanol–water partition coefficient (Wildman–Crippen LogP) is 6.58. The van der Waals surface area contributed by atoms with E-state index in [0.29, 0.717) is 31.3 Å². The van der Waals surface area contributed by atoms with Crippen LogP contribution in [0.4, 0.5) is 0 Å². The number of hydrogen-bond donors (Lipinski definition) is 0. The second-order valence-electron chi connectivity index (χ2n) is 10.4. The Kier molecular flexibility index (Phi) is 12.2. The van der Waals surface area contributed by atoms with Crippen LogP contribution in [0.2, 0.25) is 0 Å². The normalized spacial score (nSPS) is 12.6. The molecule has 5 nitrogen and oxygen atoms in total. The van der Waals surface area contributed by atoms with Crippen LogP contribution in [0.25, 0.3) is 0 Å². The first-order valence-corrected chi connectivity index (χ1v) is 12.7. The van der Waals surface area contributed by atoms with Gasteiger partial charge in [0.15, 0.2) is 0 Å². The van der Waals surface area contributed by atoms with E-state index in [1.165, 1.54) is 12.7 Å². The molecule has 0 aliphatic heterocycles. The van der Waals surface area contributed by atoms with E-state index in [4.69, 9.17) is 14.3 Å². The van der Waals surface area contributed by atoms with Gasteiger partial charge in [-0.2, -0.15) is 0 Å². The molecule has 0 bridgehead atoms. The van der Waals surface area contributed by atoms with Gasteiger partial charge in [0.2, 0.25) is 0 Å². The number of esters is 1. The van der Waals surface area contributed by atoms with Gasteiger partial charge in [-0.3, -0.25) is 4.79 Å². The Labute approximate surface area is 217 Å². The Bertz CT molecular complexity index is 1010. The first-order valence-electron chi connectivity index (χ1n) is 12.7. The fourth-order valence-corrected chi connectivity index (χ4v) is 3.75. The largest absolute Gasteiger partial charge is 0.460 e. The number of nitrogens with zero attached hydrogens (tertiary/aromatic N) is 1. The highest BCUT2D eigenvalue weighted by molar-refractivity contribution is 6.03. The predicted molar refractivity (Wildman–Crippen MR) is 146 cm³/mol. The van der Waals surface area contributed by atoms with Crippen LogP contribution in [-0.2, 0) is 32.1 Å². The van der Waals surface area contributed by atoms with Crippen LogP contribution in [0, 0.1) is 23.7 Å². The van der Waals surface area contributed by atoms with Crippen molar-refractivity contribution in [2.45, 2.75) is 72.5 Å². The van der Waals surface area contributed by atoms with E-state index in [-0.39, 0.29) is 18.3 Å². The molecule has 2 rings (SSSR count). The summed E-state index contributed by atoms with van der Waals surface area (Å²) in [4.78, 5) is 17.8. The van der Waals surface area contributed by atoms with E-state index < -0.39 is 5.60 Å². The van der Waals surface area contributed by atoms with E-state index in [0.717, 1.165) is 24.0 Å². The molecule has 0 spiro atoms. The number of carbonyl (C=O) groups is 1. The third-order valence-corrected chi connectivity index (χ3v) is 5.30. The molecular weight excluding hydrogens is 450 g/mol. The SMILES string of the molecule is CON=C(C#Cc1ccc(CC(C)C)cc1)C(CCCOCc1ccccc1)CC(=O)OC(C)(C)C. The fraction of sp³-hybridized carbons (Fsp3) is 0.484. The van der Waals surface area contributed by atoms with Crippen LogP contribution in [0.1, 0.15) is 70.6 Å². The summed E-state index contributed by atoms with van der Waals surface area (Å²) in [5, 5.41) is 4.19. The van der Waals surface area contributed by atoms with Crippen molar-refractivity contribution < 1.29 is 19.1 Å². The second-order valence-corrected chi connectivity index (χ2v) is 10.4. The lowest BCUT2D eigenvalue weighted by molar-refractivity contribution is -0.155. The minimum Gasteiger partial charge on any atom is -0.460 e. The number of ether oxygens (including phenoxy) is 2. The van der Waals surface area contributed by atoms with Crippen LogP contribution in [0.5, 0.6) is 0 Å². The monoisotopic (exact) mass is 491 g/mol. The van der Waals surface area contributed by atoms with Crippen molar-refractivity contribution in [2.75, 3.05) is 13.7 Å². The third kappa shape index (κ3) is 12.0. The lowest BCUT2D eigenvalue weighted by atomic mass is 9.93. The maximum atomic E-state index is 12.7. The minimum atomic E-state index is -0.553. The molecule has 0 aromatic heterocycles. The van der Waals surface area contributed by atoms with Crippen molar-refractivity contribution in [3.05, 3.63) is 71.3 Å². The first-order chi connectivity index (χ1) is 17.2. The topological polar surface area (TPSA) is 57.1 Å². The van der Waals surface area contributed by atoms with Crippen molar-refractivity contribution in [3.63, 3.8) is 0 Å². The summed E-state index contributed by atoms with van der Waals surface area (Å²) in [5.41, 5.74) is 3.31. The number of oxime groups is 1. The molecule has 0 fully saturated rings. The highest BCUT2D eigenvalue weighted by atomic mass is 16.6. The van der Waals surface area contributed by atoms with E-state index in [1.807, 2.05) is 63.2 Å². The maximum absolute atomic E-state index is 12.7. The van der Waals surface area contributed by atoms with Crippen molar-refractivity contribution >= 4 is 11.7 Å². The fourth-order valence-electron chi connectivity index (χ4n) is 3.75. The molecule has 2 aromatic rings. The van der Waals surface area contributed by atoms with Crippen molar-refractivity contribution in [1.82, 2.24) is 0 Å². The van der Waals surface area contributed by atoms with Crippen LogP contribution < -0.4 is 0 Å². The number of rotatable bonds is 12. The molecule has 0 amide bonds. The number of carbonyl (C=O) groups excluding carboxylic acids is 1. The zero-order valence-corrected chi connectivity index (χ0v) is 22.7. The molecule has 0 aliphatic rings. The highest BCUT2D eigenvalue weighted by Gasteiger charge is 2.24. The Hall–Kier alpha value is -3.10. The highest BCUT2D eigenvalue weighted by Crippen LogP contribution is 2.19. The van der Waals surface area contributed by atoms with E-state index >= 15 is 0 Å². The van der Waals surface area contributed by atoms with Gasteiger partial charge in [-0.25, -0.2) is 0 Å². The lowest BCUT2D eigenvalue weighted by Gasteiger charge is -2.22. The van der Waals surface area contributed by atoms with Gasteiger partial charge in [-0.1, -0.05) is 67.4 Å².